The number of aliphatic hydroxyl groups is 1. The van der Waals surface area contributed by atoms with E-state index in [1.165, 1.54) is 19.4 Å². The van der Waals surface area contributed by atoms with Crippen molar-refractivity contribution in [2.75, 3.05) is 19.0 Å². The van der Waals surface area contributed by atoms with E-state index in [1.807, 2.05) is 0 Å². The van der Waals surface area contributed by atoms with Crippen LogP contribution in [0.25, 0.3) is 0 Å². The van der Waals surface area contributed by atoms with Crippen LogP contribution in [0.3, 0.4) is 0 Å². The van der Waals surface area contributed by atoms with Crippen LogP contribution in [0.15, 0.2) is 23.9 Å². The van der Waals surface area contributed by atoms with E-state index in [0.29, 0.717) is 5.69 Å². The van der Waals surface area contributed by atoms with Crippen LogP contribution in [0.1, 0.15) is 18.6 Å². The molecule has 1 unspecified atom stereocenters. The smallest absolute Gasteiger partial charge is 0.338 e. The Morgan fingerprint density at radius 1 is 1.53 bits per heavy atom. The fraction of sp³-hybridized carbons (Fsp3) is 0.308. The lowest BCUT2D eigenvalue weighted by atomic mass is 9.97. The molecule has 0 saturated heterocycles. The first-order valence-corrected chi connectivity index (χ1v) is 5.77. The molecule has 1 aromatic rings. The maximum atomic E-state index is 13.4. The van der Waals surface area contributed by atoms with Crippen molar-refractivity contribution in [3.63, 3.8) is 0 Å². The molecule has 2 N–H and O–H groups in total. The number of hydrogen-bond acceptors (Lipinski definition) is 5. The van der Waals surface area contributed by atoms with Crippen molar-refractivity contribution in [1.82, 2.24) is 0 Å². The Balaban J connectivity index is 2.41. The maximum absolute atomic E-state index is 13.4. The number of esters is 1. The van der Waals surface area contributed by atoms with Crippen LogP contribution in [0.5, 0.6) is 5.75 Å². The van der Waals surface area contributed by atoms with E-state index in [-0.39, 0.29) is 23.5 Å². The summed E-state index contributed by atoms with van der Waals surface area (Å²) in [7, 11) is 1.40. The number of aliphatic hydroxyl groups excluding tert-OH is 1. The fourth-order valence-electron chi connectivity index (χ4n) is 1.91. The standard InChI is InChI=1S/C13H14FNO4/c1-3-19-13(17)9-6-15-11-8(12(9)16)4-7(14)5-10(11)18-2/h4-6,12,15-16H,3H2,1-2H3. The van der Waals surface area contributed by atoms with Gasteiger partial charge in [-0.15, -0.1) is 0 Å². The number of nitrogens with one attached hydrogen (secondary N) is 1. The number of carbonyl (C=O) groups is 1. The van der Waals surface area contributed by atoms with Gasteiger partial charge in [-0.2, -0.15) is 0 Å². The third-order valence-corrected chi connectivity index (χ3v) is 2.79. The predicted molar refractivity (Wildman–Crippen MR) is 66.3 cm³/mol. The topological polar surface area (TPSA) is 67.8 Å². The number of halogens is 1. The molecule has 2 rings (SSSR count). The van der Waals surface area contributed by atoms with Crippen LogP contribution in [-0.4, -0.2) is 24.8 Å². The van der Waals surface area contributed by atoms with Crippen molar-refractivity contribution in [2.45, 2.75) is 13.0 Å². The normalized spacial score (nSPS) is 17.1. The summed E-state index contributed by atoms with van der Waals surface area (Å²) >= 11 is 0. The number of ether oxygens (including phenoxy) is 2. The van der Waals surface area contributed by atoms with Crippen molar-refractivity contribution in [1.29, 1.82) is 0 Å². The number of carbonyl (C=O) groups excluding carboxylic acids is 1. The summed E-state index contributed by atoms with van der Waals surface area (Å²) in [6, 6.07) is 2.35. The lowest BCUT2D eigenvalue weighted by Gasteiger charge is -2.24. The van der Waals surface area contributed by atoms with Crippen molar-refractivity contribution >= 4 is 11.7 Å². The highest BCUT2D eigenvalue weighted by Gasteiger charge is 2.29. The van der Waals surface area contributed by atoms with Gasteiger partial charge in [-0.1, -0.05) is 0 Å². The number of fused-ring (bicyclic) bond motifs is 1. The number of hydrogen-bond donors (Lipinski definition) is 2. The molecule has 0 bridgehead atoms. The number of methoxy groups -OCH3 is 1. The van der Waals surface area contributed by atoms with Gasteiger partial charge in [0.05, 0.1) is 25.0 Å². The van der Waals surface area contributed by atoms with Crippen molar-refractivity contribution in [2.24, 2.45) is 0 Å². The van der Waals surface area contributed by atoms with Crippen molar-refractivity contribution < 1.29 is 23.8 Å². The van der Waals surface area contributed by atoms with Gasteiger partial charge in [0.1, 0.15) is 17.7 Å². The summed E-state index contributed by atoms with van der Waals surface area (Å²) in [5, 5.41) is 12.9. The van der Waals surface area contributed by atoms with Gasteiger partial charge in [0.15, 0.2) is 0 Å². The molecule has 19 heavy (non-hydrogen) atoms. The number of benzene rings is 1. The van der Waals surface area contributed by atoms with Gasteiger partial charge in [-0.05, 0) is 13.0 Å². The molecule has 1 atom stereocenters. The summed E-state index contributed by atoms with van der Waals surface area (Å²) in [5.41, 5.74) is 0.703. The first kappa shape index (κ1) is 13.4. The first-order chi connectivity index (χ1) is 9.08. The van der Waals surface area contributed by atoms with Crippen LogP contribution in [-0.2, 0) is 9.53 Å². The van der Waals surface area contributed by atoms with E-state index in [4.69, 9.17) is 9.47 Å². The van der Waals surface area contributed by atoms with Gasteiger partial charge in [0, 0.05) is 17.8 Å². The Hall–Kier alpha value is -2.08. The lowest BCUT2D eigenvalue weighted by molar-refractivity contribution is -0.139. The van der Waals surface area contributed by atoms with Crippen LogP contribution < -0.4 is 10.1 Å². The van der Waals surface area contributed by atoms with Crippen LogP contribution in [0, 0.1) is 5.82 Å². The molecule has 0 radical (unpaired) electrons. The third-order valence-electron chi connectivity index (χ3n) is 2.79. The Morgan fingerprint density at radius 2 is 2.26 bits per heavy atom. The van der Waals surface area contributed by atoms with Gasteiger partial charge in [-0.25, -0.2) is 9.18 Å². The van der Waals surface area contributed by atoms with Crippen LogP contribution in [0.4, 0.5) is 10.1 Å². The second kappa shape index (κ2) is 5.27. The number of anilines is 1. The molecular formula is C13H14FNO4. The highest BCUT2D eigenvalue weighted by atomic mass is 19.1. The summed E-state index contributed by atoms with van der Waals surface area (Å²) < 4.78 is 23.3. The van der Waals surface area contributed by atoms with E-state index in [2.05, 4.69) is 5.32 Å². The molecule has 5 nitrogen and oxygen atoms in total. The zero-order valence-corrected chi connectivity index (χ0v) is 10.6. The molecule has 0 spiro atoms. The second-order valence-electron chi connectivity index (χ2n) is 3.94. The average Bonchev–Trinajstić information content (AvgIpc) is 2.39. The van der Waals surface area contributed by atoms with Crippen LogP contribution in [0.2, 0.25) is 0 Å². The summed E-state index contributed by atoms with van der Waals surface area (Å²) in [6.45, 7) is 1.86. The number of rotatable bonds is 3. The molecular weight excluding hydrogens is 253 g/mol. The highest BCUT2D eigenvalue weighted by molar-refractivity contribution is 5.92. The Kier molecular flexibility index (Phi) is 3.71. The molecule has 1 heterocycles. The predicted octanol–water partition coefficient (Wildman–Crippen LogP) is 1.74. The van der Waals surface area contributed by atoms with E-state index in [9.17, 15) is 14.3 Å². The van der Waals surface area contributed by atoms with E-state index in [1.54, 1.807) is 6.92 Å². The molecule has 1 aromatic carbocycles. The average molecular weight is 267 g/mol. The van der Waals surface area contributed by atoms with Gasteiger partial charge in [0.25, 0.3) is 0 Å². The van der Waals surface area contributed by atoms with Gasteiger partial charge in [0.2, 0.25) is 0 Å². The minimum Gasteiger partial charge on any atom is -0.494 e. The monoisotopic (exact) mass is 267 g/mol. The highest BCUT2D eigenvalue weighted by Crippen LogP contribution is 2.39. The zero-order chi connectivity index (χ0) is 14.0. The van der Waals surface area contributed by atoms with E-state index >= 15 is 0 Å². The Morgan fingerprint density at radius 3 is 2.89 bits per heavy atom. The molecule has 0 amide bonds. The van der Waals surface area contributed by atoms with Crippen molar-refractivity contribution in [3.05, 3.63) is 35.3 Å². The maximum Gasteiger partial charge on any atom is 0.338 e. The molecule has 1 aliphatic rings. The Labute approximate surface area is 109 Å². The lowest BCUT2D eigenvalue weighted by Crippen LogP contribution is -2.20. The van der Waals surface area contributed by atoms with Gasteiger partial charge in [-0.3, -0.25) is 0 Å². The zero-order valence-electron chi connectivity index (χ0n) is 10.6. The molecule has 6 heteroatoms. The minimum atomic E-state index is -1.25. The largest absolute Gasteiger partial charge is 0.494 e. The molecule has 0 fully saturated rings. The molecule has 0 saturated carbocycles. The molecule has 0 aliphatic carbocycles. The molecule has 1 aliphatic heterocycles. The SMILES string of the molecule is CCOC(=O)C1=CNc2c(OC)cc(F)cc2C1O. The first-order valence-electron chi connectivity index (χ1n) is 5.77. The van der Waals surface area contributed by atoms with Gasteiger partial charge >= 0.3 is 5.97 Å². The second-order valence-corrected chi connectivity index (χ2v) is 3.94. The quantitative estimate of drug-likeness (QED) is 0.816. The molecule has 102 valence electrons. The summed E-state index contributed by atoms with van der Waals surface area (Å²) in [4.78, 5) is 11.6. The third kappa shape index (κ3) is 2.39. The minimum absolute atomic E-state index is 0.0296. The van der Waals surface area contributed by atoms with Gasteiger partial charge < -0.3 is 19.9 Å². The summed E-state index contributed by atoms with van der Waals surface area (Å²) in [5.74, 6) is -0.939. The fourth-order valence-corrected chi connectivity index (χ4v) is 1.91. The summed E-state index contributed by atoms with van der Waals surface area (Å²) in [6.07, 6.45) is 0.0886. The Bertz CT molecular complexity index is 542. The van der Waals surface area contributed by atoms with E-state index < -0.39 is 17.9 Å². The van der Waals surface area contributed by atoms with Crippen LogP contribution >= 0.6 is 0 Å². The van der Waals surface area contributed by atoms with E-state index in [0.717, 1.165) is 6.07 Å². The van der Waals surface area contributed by atoms with Crippen molar-refractivity contribution in [3.8, 4) is 5.75 Å². The molecule has 0 aromatic heterocycles.